The lowest BCUT2D eigenvalue weighted by Gasteiger charge is -2.07. The maximum atomic E-state index is 12.0. The molecule has 0 aromatic heterocycles. The van der Waals surface area contributed by atoms with Crippen molar-refractivity contribution in [1.82, 2.24) is 5.32 Å². The van der Waals surface area contributed by atoms with Crippen molar-refractivity contribution in [3.63, 3.8) is 0 Å². The molecule has 0 heterocycles. The second kappa shape index (κ2) is 7.63. The quantitative estimate of drug-likeness (QED) is 0.852. The van der Waals surface area contributed by atoms with E-state index in [2.05, 4.69) is 16.7 Å². The van der Waals surface area contributed by atoms with Crippen molar-refractivity contribution in [2.75, 3.05) is 5.32 Å². The van der Waals surface area contributed by atoms with Crippen LogP contribution in [0.4, 0.5) is 5.69 Å². The van der Waals surface area contributed by atoms with E-state index in [9.17, 15) is 9.59 Å². The highest BCUT2D eigenvalue weighted by Crippen LogP contribution is 2.19. The van der Waals surface area contributed by atoms with Gasteiger partial charge in [0.15, 0.2) is 0 Å². The minimum absolute atomic E-state index is 0.0683. The third-order valence-corrected chi connectivity index (χ3v) is 4.07. The van der Waals surface area contributed by atoms with Gasteiger partial charge in [-0.3, -0.25) is 9.59 Å². The van der Waals surface area contributed by atoms with Crippen LogP contribution >= 0.6 is 0 Å². The van der Waals surface area contributed by atoms with E-state index in [1.54, 1.807) is 36.4 Å². The average Bonchev–Trinajstić information content (AvgIpc) is 3.45. The Bertz CT molecular complexity index is 800. The molecule has 5 nitrogen and oxygen atoms in total. The van der Waals surface area contributed by atoms with Crippen LogP contribution in [0.1, 0.15) is 40.7 Å². The van der Waals surface area contributed by atoms with E-state index in [4.69, 9.17) is 5.26 Å². The minimum atomic E-state index is -0.0838. The smallest absolute Gasteiger partial charge is 0.251 e. The van der Waals surface area contributed by atoms with Gasteiger partial charge in [0.2, 0.25) is 5.91 Å². The zero-order valence-electron chi connectivity index (χ0n) is 13.8. The van der Waals surface area contributed by atoms with Crippen molar-refractivity contribution in [3.8, 4) is 6.07 Å². The zero-order valence-corrected chi connectivity index (χ0v) is 13.8. The van der Waals surface area contributed by atoms with Gasteiger partial charge in [0.05, 0.1) is 11.6 Å². The van der Waals surface area contributed by atoms with Gasteiger partial charge in [-0.15, -0.1) is 0 Å². The summed E-state index contributed by atoms with van der Waals surface area (Å²) in [7, 11) is 0. The number of anilines is 1. The van der Waals surface area contributed by atoms with Gasteiger partial charge >= 0.3 is 0 Å². The summed E-state index contributed by atoms with van der Waals surface area (Å²) in [6.45, 7) is 0. The third kappa shape index (κ3) is 4.92. The van der Waals surface area contributed by atoms with Crippen LogP contribution in [0.25, 0.3) is 0 Å². The third-order valence-electron chi connectivity index (χ3n) is 4.07. The van der Waals surface area contributed by atoms with E-state index in [1.165, 1.54) is 0 Å². The summed E-state index contributed by atoms with van der Waals surface area (Å²) < 4.78 is 0. The summed E-state index contributed by atoms with van der Waals surface area (Å²) in [5.41, 5.74) is 2.90. The SMILES string of the molecule is N#Cc1ccc(CCC(=O)Nc2ccc(C(=O)NC3CC3)cc2)cc1. The fraction of sp³-hybridized carbons (Fsp3) is 0.250. The molecular formula is C20H19N3O2. The molecule has 0 aliphatic heterocycles. The predicted octanol–water partition coefficient (Wildman–Crippen LogP) is 3.02. The Morgan fingerprint density at radius 3 is 2.32 bits per heavy atom. The fourth-order valence-corrected chi connectivity index (χ4v) is 2.43. The molecule has 1 aliphatic rings. The number of nitrogens with one attached hydrogen (secondary N) is 2. The standard InChI is InChI=1S/C20H19N3O2/c21-13-15-3-1-14(2-4-15)5-12-19(24)22-17-8-6-16(7-9-17)20(25)23-18-10-11-18/h1-4,6-9,18H,5,10-12H2,(H,22,24)(H,23,25). The highest BCUT2D eigenvalue weighted by Gasteiger charge is 2.23. The Balaban J connectivity index is 1.48. The first kappa shape index (κ1) is 16.7. The van der Waals surface area contributed by atoms with E-state index in [1.807, 2.05) is 12.1 Å². The van der Waals surface area contributed by atoms with Crippen molar-refractivity contribution in [3.05, 3.63) is 65.2 Å². The van der Waals surface area contributed by atoms with Crippen molar-refractivity contribution in [2.24, 2.45) is 0 Å². The van der Waals surface area contributed by atoms with Crippen molar-refractivity contribution in [2.45, 2.75) is 31.7 Å². The van der Waals surface area contributed by atoms with Crippen LogP contribution in [0.2, 0.25) is 0 Å². The minimum Gasteiger partial charge on any atom is -0.349 e. The van der Waals surface area contributed by atoms with Crippen LogP contribution in [-0.2, 0) is 11.2 Å². The molecule has 2 aromatic rings. The molecule has 5 heteroatoms. The number of hydrogen-bond acceptors (Lipinski definition) is 3. The van der Waals surface area contributed by atoms with E-state index in [-0.39, 0.29) is 11.8 Å². The molecule has 25 heavy (non-hydrogen) atoms. The Morgan fingerprint density at radius 2 is 1.72 bits per heavy atom. The highest BCUT2D eigenvalue weighted by atomic mass is 16.2. The van der Waals surface area contributed by atoms with Gasteiger partial charge in [-0.25, -0.2) is 0 Å². The molecule has 3 rings (SSSR count). The summed E-state index contributed by atoms with van der Waals surface area (Å²) in [6.07, 6.45) is 3.08. The molecule has 0 saturated heterocycles. The molecule has 0 radical (unpaired) electrons. The van der Waals surface area contributed by atoms with E-state index < -0.39 is 0 Å². The molecule has 1 fully saturated rings. The van der Waals surface area contributed by atoms with E-state index >= 15 is 0 Å². The van der Waals surface area contributed by atoms with Crippen LogP contribution in [0, 0.1) is 11.3 Å². The number of nitrogens with zero attached hydrogens (tertiary/aromatic N) is 1. The lowest BCUT2D eigenvalue weighted by Crippen LogP contribution is -2.25. The first-order valence-electron chi connectivity index (χ1n) is 8.34. The number of aryl methyl sites for hydroxylation is 1. The largest absolute Gasteiger partial charge is 0.349 e. The Kier molecular flexibility index (Phi) is 5.10. The van der Waals surface area contributed by atoms with Gasteiger partial charge in [0, 0.05) is 23.7 Å². The fourth-order valence-electron chi connectivity index (χ4n) is 2.43. The summed E-state index contributed by atoms with van der Waals surface area (Å²) >= 11 is 0. The number of amides is 2. The molecule has 126 valence electrons. The molecule has 2 amide bonds. The second-order valence-electron chi connectivity index (χ2n) is 6.18. The molecule has 2 N–H and O–H groups in total. The van der Waals surface area contributed by atoms with Crippen molar-refractivity contribution < 1.29 is 9.59 Å². The normalized spacial score (nSPS) is 12.9. The predicted molar refractivity (Wildman–Crippen MR) is 95.0 cm³/mol. The zero-order chi connectivity index (χ0) is 17.6. The van der Waals surface area contributed by atoms with E-state index in [0.29, 0.717) is 35.7 Å². The highest BCUT2D eigenvalue weighted by molar-refractivity contribution is 5.96. The van der Waals surface area contributed by atoms with Gasteiger partial charge in [0.1, 0.15) is 0 Å². The summed E-state index contributed by atoms with van der Waals surface area (Å²) in [4.78, 5) is 24.0. The van der Waals surface area contributed by atoms with Crippen LogP contribution < -0.4 is 10.6 Å². The van der Waals surface area contributed by atoms with E-state index in [0.717, 1.165) is 18.4 Å². The topological polar surface area (TPSA) is 82.0 Å². The molecule has 1 saturated carbocycles. The first-order valence-corrected chi connectivity index (χ1v) is 8.34. The maximum absolute atomic E-state index is 12.0. The molecular weight excluding hydrogens is 314 g/mol. The lowest BCUT2D eigenvalue weighted by atomic mass is 10.1. The summed E-state index contributed by atoms with van der Waals surface area (Å²) in [5, 5.41) is 14.5. The molecule has 0 spiro atoms. The first-order chi connectivity index (χ1) is 12.1. The van der Waals surface area contributed by atoms with Gasteiger partial charge in [-0.2, -0.15) is 5.26 Å². The molecule has 0 atom stereocenters. The maximum Gasteiger partial charge on any atom is 0.251 e. The second-order valence-corrected chi connectivity index (χ2v) is 6.18. The number of nitriles is 1. The number of hydrogen-bond donors (Lipinski definition) is 2. The van der Waals surface area contributed by atoms with Crippen LogP contribution in [0.15, 0.2) is 48.5 Å². The molecule has 2 aromatic carbocycles. The molecule has 0 bridgehead atoms. The van der Waals surface area contributed by atoms with Crippen LogP contribution in [0.5, 0.6) is 0 Å². The molecule has 1 aliphatic carbocycles. The van der Waals surface area contributed by atoms with Gasteiger partial charge in [-0.1, -0.05) is 12.1 Å². The number of carbonyl (C=O) groups is 2. The van der Waals surface area contributed by atoms with Crippen molar-refractivity contribution in [1.29, 1.82) is 5.26 Å². The Labute approximate surface area is 146 Å². The monoisotopic (exact) mass is 333 g/mol. The van der Waals surface area contributed by atoms with Gasteiger partial charge < -0.3 is 10.6 Å². The summed E-state index contributed by atoms with van der Waals surface area (Å²) in [5.74, 6) is -0.152. The number of carbonyl (C=O) groups excluding carboxylic acids is 2. The number of benzene rings is 2. The van der Waals surface area contributed by atoms with Gasteiger partial charge in [-0.05, 0) is 61.2 Å². The van der Waals surface area contributed by atoms with Crippen LogP contribution in [-0.4, -0.2) is 17.9 Å². The average molecular weight is 333 g/mol. The lowest BCUT2D eigenvalue weighted by molar-refractivity contribution is -0.116. The Morgan fingerprint density at radius 1 is 1.04 bits per heavy atom. The Hall–Kier alpha value is -3.13. The number of rotatable bonds is 6. The van der Waals surface area contributed by atoms with Crippen molar-refractivity contribution >= 4 is 17.5 Å². The molecule has 0 unspecified atom stereocenters. The van der Waals surface area contributed by atoms with Gasteiger partial charge in [0.25, 0.3) is 5.91 Å². The van der Waals surface area contributed by atoms with Crippen LogP contribution in [0.3, 0.4) is 0 Å². The summed E-state index contributed by atoms with van der Waals surface area (Å²) in [6, 6.07) is 16.5.